The topological polar surface area (TPSA) is 204 Å². The normalized spacial score (nSPS) is 17.2. The largest absolute Gasteiger partial charge is 0.445 e. The van der Waals surface area contributed by atoms with Crippen molar-refractivity contribution in [1.82, 2.24) is 20.4 Å². The number of amides is 4. The van der Waals surface area contributed by atoms with E-state index < -0.39 is 23.4 Å². The van der Waals surface area contributed by atoms with E-state index in [0.29, 0.717) is 26.2 Å². The van der Waals surface area contributed by atoms with Crippen molar-refractivity contribution in [3.05, 3.63) is 71.8 Å². The molecule has 56 heavy (non-hydrogen) atoms. The summed E-state index contributed by atoms with van der Waals surface area (Å²) >= 11 is 0. The second-order valence-electron chi connectivity index (χ2n) is 14.8. The van der Waals surface area contributed by atoms with Crippen molar-refractivity contribution >= 4 is 36.7 Å². The molecule has 2 heterocycles. The minimum absolute atomic E-state index is 0. The van der Waals surface area contributed by atoms with Crippen LogP contribution in [0, 0.1) is 5.92 Å². The third kappa shape index (κ3) is 23.1. The van der Waals surface area contributed by atoms with Crippen molar-refractivity contribution in [2.45, 2.75) is 112 Å². The molecule has 0 aromatic heterocycles. The summed E-state index contributed by atoms with van der Waals surface area (Å²) in [6.45, 7) is 15.6. The number of hydrogen-bond acceptors (Lipinski definition) is 12. The zero-order chi connectivity index (χ0) is 41.4. The Hall–Kier alpha value is -5.72. The summed E-state index contributed by atoms with van der Waals surface area (Å²) in [5.74, 6) is 0.276. The molecule has 4 amide bonds. The molecule has 2 aliphatic heterocycles. The van der Waals surface area contributed by atoms with Gasteiger partial charge in [-0.2, -0.15) is 19.2 Å². The van der Waals surface area contributed by atoms with Crippen LogP contribution in [0.5, 0.6) is 0 Å². The van der Waals surface area contributed by atoms with Crippen molar-refractivity contribution < 1.29 is 57.3 Å². The Morgan fingerprint density at radius 1 is 0.661 bits per heavy atom. The lowest BCUT2D eigenvalue weighted by atomic mass is 9.96. The number of piperidine rings is 2. The lowest BCUT2D eigenvalue weighted by Crippen LogP contribution is -2.52. The standard InChI is InChI=1S/C19H28N2O4.C18H26N2O4.2CO2.CH4/c1-14-10-16(20-17(22)25-19(2,3)4)12-21(11-14)18(23)24-13-15-8-6-5-7-9-15;1-18(2,3)24-16(21)19-15-10-7-11-20(12-15)17(22)23-13-14-8-5-4-6-9-14;2*2-1-3;/h5-9,14,16H,10-13H2,1-4H3,(H,20,22);4-6,8-9,15H,7,10-13H2,1-3H3,(H,19,21);;;1H4. The highest BCUT2D eigenvalue weighted by molar-refractivity contribution is 5.70. The highest BCUT2D eigenvalue weighted by Crippen LogP contribution is 2.19. The number of rotatable bonds is 6. The van der Waals surface area contributed by atoms with Gasteiger partial charge in [-0.25, -0.2) is 19.2 Å². The summed E-state index contributed by atoms with van der Waals surface area (Å²) in [7, 11) is 0. The van der Waals surface area contributed by atoms with Crippen LogP contribution in [0.2, 0.25) is 0 Å². The average molecular weight is 787 g/mol. The molecule has 2 aliphatic rings. The first kappa shape index (κ1) is 50.3. The van der Waals surface area contributed by atoms with Crippen LogP contribution in [-0.4, -0.2) is 95.9 Å². The molecule has 310 valence electrons. The summed E-state index contributed by atoms with van der Waals surface area (Å²) in [6.07, 6.45) is 1.33. The Balaban J connectivity index is 0.000000932. The van der Waals surface area contributed by atoms with E-state index in [2.05, 4.69) is 17.6 Å². The lowest BCUT2D eigenvalue weighted by Gasteiger charge is -2.36. The highest BCUT2D eigenvalue weighted by atomic mass is 16.6. The Labute approximate surface area is 329 Å². The van der Waals surface area contributed by atoms with E-state index in [9.17, 15) is 19.2 Å². The molecule has 2 fully saturated rings. The highest BCUT2D eigenvalue weighted by Gasteiger charge is 2.31. The maximum atomic E-state index is 12.3. The number of benzene rings is 2. The van der Waals surface area contributed by atoms with Crippen molar-refractivity contribution in [2.75, 3.05) is 26.2 Å². The maximum absolute atomic E-state index is 12.3. The minimum Gasteiger partial charge on any atom is -0.445 e. The molecule has 3 unspecified atom stereocenters. The van der Waals surface area contributed by atoms with Gasteiger partial charge in [0, 0.05) is 32.2 Å². The van der Waals surface area contributed by atoms with Gasteiger partial charge < -0.3 is 39.4 Å². The van der Waals surface area contributed by atoms with Crippen molar-refractivity contribution in [2.24, 2.45) is 5.92 Å². The van der Waals surface area contributed by atoms with Gasteiger partial charge in [0.1, 0.15) is 24.4 Å². The summed E-state index contributed by atoms with van der Waals surface area (Å²) in [4.78, 5) is 84.1. The van der Waals surface area contributed by atoms with Crippen LogP contribution in [0.15, 0.2) is 60.7 Å². The van der Waals surface area contributed by atoms with E-state index in [1.807, 2.05) is 102 Å². The first-order chi connectivity index (χ1) is 25.9. The second-order valence-corrected chi connectivity index (χ2v) is 14.8. The van der Waals surface area contributed by atoms with Crippen molar-refractivity contribution in [3.63, 3.8) is 0 Å². The fourth-order valence-corrected chi connectivity index (χ4v) is 5.44. The molecule has 2 N–H and O–H groups in total. The van der Waals surface area contributed by atoms with Crippen LogP contribution in [-0.2, 0) is 51.3 Å². The molecule has 16 nitrogen and oxygen atoms in total. The van der Waals surface area contributed by atoms with Crippen LogP contribution >= 0.6 is 0 Å². The first-order valence-electron chi connectivity index (χ1n) is 17.8. The SMILES string of the molecule is C.CC(C)(C)OC(=O)NC1CCCN(C(=O)OCc2ccccc2)C1.CC1CC(NC(=O)OC(C)(C)C)CN(C(=O)OCc2ccccc2)C1.O=C=O.O=C=O. The molecule has 0 radical (unpaired) electrons. The summed E-state index contributed by atoms with van der Waals surface area (Å²) in [5, 5.41) is 5.68. The number of nitrogens with zero attached hydrogens (tertiary/aromatic N) is 2. The van der Waals surface area contributed by atoms with E-state index >= 15 is 0 Å². The molecule has 3 atom stereocenters. The second kappa shape index (κ2) is 26.1. The van der Waals surface area contributed by atoms with E-state index in [0.717, 1.165) is 30.4 Å². The van der Waals surface area contributed by atoms with E-state index in [4.69, 9.17) is 38.1 Å². The fraction of sp³-hybridized carbons (Fsp3) is 0.550. The molecule has 0 spiro atoms. The number of nitrogens with one attached hydrogen (secondary N) is 2. The zero-order valence-corrected chi connectivity index (χ0v) is 32.7. The van der Waals surface area contributed by atoms with Crippen LogP contribution in [0.1, 0.15) is 86.3 Å². The Kier molecular flexibility index (Phi) is 23.5. The van der Waals surface area contributed by atoms with Gasteiger partial charge in [0.05, 0.1) is 6.04 Å². The third-order valence-electron chi connectivity index (χ3n) is 7.45. The number of likely N-dealkylation sites (tertiary alicyclic amines) is 2. The molecular formula is C40H58N4O12. The zero-order valence-electron chi connectivity index (χ0n) is 32.7. The third-order valence-corrected chi connectivity index (χ3v) is 7.45. The molecule has 0 saturated carbocycles. The van der Waals surface area contributed by atoms with Gasteiger partial charge in [-0.1, -0.05) is 75.0 Å². The number of carbonyl (C=O) groups excluding carboxylic acids is 8. The monoisotopic (exact) mass is 786 g/mol. The number of alkyl carbamates (subject to hydrolysis) is 2. The van der Waals surface area contributed by atoms with Crippen LogP contribution < -0.4 is 10.6 Å². The molecular weight excluding hydrogens is 728 g/mol. The maximum Gasteiger partial charge on any atom is 0.410 e. The Morgan fingerprint density at radius 3 is 1.48 bits per heavy atom. The molecule has 4 rings (SSSR count). The van der Waals surface area contributed by atoms with Crippen LogP contribution in [0.25, 0.3) is 0 Å². The number of ether oxygens (including phenoxy) is 4. The van der Waals surface area contributed by atoms with Crippen molar-refractivity contribution in [1.29, 1.82) is 0 Å². The first-order valence-corrected chi connectivity index (χ1v) is 17.8. The van der Waals surface area contributed by atoms with Crippen LogP contribution in [0.4, 0.5) is 19.2 Å². The molecule has 2 aromatic carbocycles. The van der Waals surface area contributed by atoms with Gasteiger partial charge in [0.25, 0.3) is 0 Å². The van der Waals surface area contributed by atoms with Gasteiger partial charge in [-0.3, -0.25) is 0 Å². The average Bonchev–Trinajstić information content (AvgIpc) is 3.09. The van der Waals surface area contributed by atoms with Gasteiger partial charge in [0.2, 0.25) is 0 Å². The predicted molar refractivity (Wildman–Crippen MR) is 202 cm³/mol. The van der Waals surface area contributed by atoms with E-state index in [1.54, 1.807) is 9.80 Å². The van der Waals surface area contributed by atoms with E-state index in [1.165, 1.54) is 0 Å². The smallest absolute Gasteiger partial charge is 0.410 e. The lowest BCUT2D eigenvalue weighted by molar-refractivity contribution is -0.193. The van der Waals surface area contributed by atoms with Gasteiger partial charge in [0.15, 0.2) is 0 Å². The molecule has 16 heteroatoms. The quantitative estimate of drug-likeness (QED) is 0.308. The summed E-state index contributed by atoms with van der Waals surface area (Å²) in [5.41, 5.74) is 0.821. The molecule has 2 saturated heterocycles. The molecule has 2 aromatic rings. The van der Waals surface area contributed by atoms with Gasteiger partial charge in [-0.05, 0) is 77.8 Å². The molecule has 0 aliphatic carbocycles. The Bertz CT molecular complexity index is 1520. The van der Waals surface area contributed by atoms with Gasteiger partial charge in [-0.15, -0.1) is 0 Å². The number of carbonyl (C=O) groups is 4. The van der Waals surface area contributed by atoms with Crippen molar-refractivity contribution in [3.8, 4) is 0 Å². The Morgan fingerprint density at radius 2 is 1.05 bits per heavy atom. The number of hydrogen-bond donors (Lipinski definition) is 2. The van der Waals surface area contributed by atoms with E-state index in [-0.39, 0.29) is 63.1 Å². The predicted octanol–water partition coefficient (Wildman–Crippen LogP) is 6.34. The molecule has 0 bridgehead atoms. The van der Waals surface area contributed by atoms with Crippen LogP contribution in [0.3, 0.4) is 0 Å². The van der Waals surface area contributed by atoms with Gasteiger partial charge >= 0.3 is 36.7 Å². The summed E-state index contributed by atoms with van der Waals surface area (Å²) in [6, 6.07) is 18.9. The minimum atomic E-state index is -0.543. The fourth-order valence-electron chi connectivity index (χ4n) is 5.44. The summed E-state index contributed by atoms with van der Waals surface area (Å²) < 4.78 is 21.3.